The van der Waals surface area contributed by atoms with Crippen molar-refractivity contribution < 1.29 is 80.2 Å². The van der Waals surface area contributed by atoms with Gasteiger partial charge in [-0.25, -0.2) is 9.13 Å². The molecule has 19 heteroatoms. The number of ether oxygens (including phenoxy) is 4. The SMILES string of the molecule is CCCCCC/C=C\C=C/CCCCCCCC(=O)O[C@H](COC(=O)CCCCCCCCCCCCC(C)C)COP(=O)(O)OCC(O)COP(=O)(O)OC[C@@H](COC(=O)CCCCCCCCCC(C)C)OC(=O)CCCCCCCCCCCCCCCCCCCCC(C)C. The highest BCUT2D eigenvalue weighted by Crippen LogP contribution is 2.45. The van der Waals surface area contributed by atoms with Gasteiger partial charge in [0.2, 0.25) is 0 Å². The lowest BCUT2D eigenvalue weighted by molar-refractivity contribution is -0.161. The summed E-state index contributed by atoms with van der Waals surface area (Å²) in [6.07, 6.45) is 60.6. The van der Waals surface area contributed by atoms with Crippen molar-refractivity contribution in [3.8, 4) is 0 Å². The van der Waals surface area contributed by atoms with Gasteiger partial charge < -0.3 is 33.8 Å². The van der Waals surface area contributed by atoms with E-state index < -0.39 is 97.5 Å². The fraction of sp³-hybridized carbons (Fsp3) is 0.900. The van der Waals surface area contributed by atoms with E-state index in [2.05, 4.69) is 72.8 Å². The van der Waals surface area contributed by atoms with Crippen LogP contribution in [0.1, 0.15) is 389 Å². The molecule has 3 N–H and O–H groups in total. The Hall–Kier alpha value is -2.46. The Morgan fingerprint density at radius 2 is 0.545 bits per heavy atom. The molecule has 0 spiro atoms. The Kier molecular flexibility index (Phi) is 68.1. The highest BCUT2D eigenvalue weighted by atomic mass is 31.2. The van der Waals surface area contributed by atoms with Gasteiger partial charge in [-0.15, -0.1) is 0 Å². The third kappa shape index (κ3) is 73.6. The number of rotatable bonds is 76. The molecule has 0 aromatic heterocycles. The Morgan fingerprint density at radius 3 is 0.818 bits per heavy atom. The van der Waals surface area contributed by atoms with E-state index in [1.807, 2.05) is 0 Å². The van der Waals surface area contributed by atoms with Crippen LogP contribution in [0.15, 0.2) is 24.3 Å². The zero-order valence-electron chi connectivity index (χ0n) is 64.4. The molecule has 0 saturated carbocycles. The standard InChI is InChI=1S/C80H152O17P2/c1-8-9-10-11-12-13-14-15-20-24-27-34-41-49-56-63-79(84)96-75(67-90-77(82)61-54-47-40-33-30-29-32-38-45-52-59-72(4)5)69-94-98(86,87)92-65-74(81)66-93-99(88,89)95-70-76(68-91-78(83)62-55-48-43-36-39-46-53-60-73(6)7)97-80(85)64-57-50-42-35-28-25-22-19-17-16-18-21-23-26-31-37-44-51-58-71(2)3/h13-15,20,71-76,81H,8-12,16-19,21-70H2,1-7H3,(H,86,87)(H,88,89)/b14-13-,20-15-/t74?,75-,76-/m1/s1. The normalized spacial score (nSPS) is 14.2. The highest BCUT2D eigenvalue weighted by molar-refractivity contribution is 7.47. The number of esters is 4. The van der Waals surface area contributed by atoms with Crippen LogP contribution < -0.4 is 0 Å². The molecule has 0 aromatic rings. The van der Waals surface area contributed by atoms with Crippen molar-refractivity contribution in [2.24, 2.45) is 17.8 Å². The molecular formula is C80H152O17P2. The average molecular weight is 1450 g/mol. The predicted molar refractivity (Wildman–Crippen MR) is 404 cm³/mol. The minimum absolute atomic E-state index is 0.0846. The molecule has 0 aliphatic rings. The van der Waals surface area contributed by atoms with Gasteiger partial charge in [0.05, 0.1) is 26.4 Å². The van der Waals surface area contributed by atoms with Gasteiger partial charge in [0.15, 0.2) is 12.2 Å². The Balaban J connectivity index is 5.23. The molecule has 0 heterocycles. The number of hydrogen-bond acceptors (Lipinski definition) is 15. The van der Waals surface area contributed by atoms with Crippen molar-refractivity contribution in [2.45, 2.75) is 407 Å². The fourth-order valence-electron chi connectivity index (χ4n) is 11.8. The second kappa shape index (κ2) is 69.9. The van der Waals surface area contributed by atoms with Crippen molar-refractivity contribution in [2.75, 3.05) is 39.6 Å². The van der Waals surface area contributed by atoms with Crippen molar-refractivity contribution in [1.29, 1.82) is 0 Å². The maximum Gasteiger partial charge on any atom is 0.472 e. The molecule has 0 rings (SSSR count). The zero-order chi connectivity index (χ0) is 73.0. The summed E-state index contributed by atoms with van der Waals surface area (Å²) >= 11 is 0. The molecule has 0 bridgehead atoms. The molecule has 0 aliphatic carbocycles. The molecular weight excluding hydrogens is 1290 g/mol. The summed E-state index contributed by atoms with van der Waals surface area (Å²) in [4.78, 5) is 72.9. The summed E-state index contributed by atoms with van der Waals surface area (Å²) in [7, 11) is -9.93. The third-order valence-electron chi connectivity index (χ3n) is 18.0. The molecule has 0 amide bonds. The summed E-state index contributed by atoms with van der Waals surface area (Å²) < 4.78 is 68.6. The lowest BCUT2D eigenvalue weighted by Gasteiger charge is -2.21. The summed E-state index contributed by atoms with van der Waals surface area (Å²) in [5.74, 6) is 0.133. The summed E-state index contributed by atoms with van der Waals surface area (Å²) in [6, 6.07) is 0. The van der Waals surface area contributed by atoms with Gasteiger partial charge in [0, 0.05) is 25.7 Å². The molecule has 3 unspecified atom stereocenters. The molecule has 17 nitrogen and oxygen atoms in total. The second-order valence-corrected chi connectivity index (χ2v) is 32.5. The molecule has 0 saturated heterocycles. The van der Waals surface area contributed by atoms with Crippen LogP contribution in [-0.4, -0.2) is 96.7 Å². The van der Waals surface area contributed by atoms with Crippen molar-refractivity contribution in [3.63, 3.8) is 0 Å². The van der Waals surface area contributed by atoms with E-state index in [-0.39, 0.29) is 25.7 Å². The van der Waals surface area contributed by atoms with Crippen LogP contribution in [0.3, 0.4) is 0 Å². The van der Waals surface area contributed by atoms with Gasteiger partial charge in [-0.05, 0) is 69.1 Å². The van der Waals surface area contributed by atoms with E-state index >= 15 is 0 Å². The number of phosphoric ester groups is 2. The van der Waals surface area contributed by atoms with Gasteiger partial charge in [-0.1, -0.05) is 336 Å². The minimum Gasteiger partial charge on any atom is -0.462 e. The van der Waals surface area contributed by atoms with Crippen molar-refractivity contribution >= 4 is 39.5 Å². The first-order chi connectivity index (χ1) is 47.7. The first-order valence-electron chi connectivity index (χ1n) is 40.7. The predicted octanol–water partition coefficient (Wildman–Crippen LogP) is 23.3. The molecule has 99 heavy (non-hydrogen) atoms. The zero-order valence-corrected chi connectivity index (χ0v) is 66.2. The Labute approximate surface area is 605 Å². The van der Waals surface area contributed by atoms with Crippen LogP contribution in [0.25, 0.3) is 0 Å². The lowest BCUT2D eigenvalue weighted by Crippen LogP contribution is -2.30. The number of hydrogen-bond donors (Lipinski definition) is 3. The molecule has 5 atom stereocenters. The Bertz CT molecular complexity index is 2020. The van der Waals surface area contributed by atoms with Gasteiger partial charge >= 0.3 is 39.5 Å². The van der Waals surface area contributed by atoms with Crippen LogP contribution >= 0.6 is 15.6 Å². The van der Waals surface area contributed by atoms with Gasteiger partial charge in [0.1, 0.15) is 19.3 Å². The van der Waals surface area contributed by atoms with Crippen molar-refractivity contribution in [1.82, 2.24) is 0 Å². The smallest absolute Gasteiger partial charge is 0.462 e. The molecule has 584 valence electrons. The monoisotopic (exact) mass is 1450 g/mol. The van der Waals surface area contributed by atoms with Gasteiger partial charge in [-0.3, -0.25) is 37.3 Å². The summed E-state index contributed by atoms with van der Waals surface area (Å²) in [5, 5.41) is 10.6. The quantitative estimate of drug-likeness (QED) is 0.0169. The van der Waals surface area contributed by atoms with Crippen LogP contribution in [-0.2, 0) is 65.4 Å². The van der Waals surface area contributed by atoms with E-state index in [1.165, 1.54) is 180 Å². The number of aliphatic hydroxyl groups is 1. The van der Waals surface area contributed by atoms with Gasteiger partial charge in [0.25, 0.3) is 0 Å². The van der Waals surface area contributed by atoms with Crippen LogP contribution in [0.4, 0.5) is 0 Å². The largest absolute Gasteiger partial charge is 0.472 e. The molecule has 0 aromatic carbocycles. The summed E-state index contributed by atoms with van der Waals surface area (Å²) in [5.41, 5.74) is 0. The van der Waals surface area contributed by atoms with E-state index in [1.54, 1.807) is 0 Å². The number of phosphoric acid groups is 2. The number of carbonyl (C=O) groups is 4. The average Bonchev–Trinajstić information content (AvgIpc) is 1.06. The maximum atomic E-state index is 13.1. The third-order valence-corrected chi connectivity index (χ3v) is 19.9. The minimum atomic E-state index is -4.97. The lowest BCUT2D eigenvalue weighted by atomic mass is 10.0. The van der Waals surface area contributed by atoms with E-state index in [4.69, 9.17) is 37.0 Å². The number of unbranched alkanes of at least 4 members (excludes halogenated alkanes) is 41. The highest BCUT2D eigenvalue weighted by Gasteiger charge is 2.30. The van der Waals surface area contributed by atoms with Crippen LogP contribution in [0.5, 0.6) is 0 Å². The van der Waals surface area contributed by atoms with Crippen LogP contribution in [0.2, 0.25) is 0 Å². The molecule has 0 fully saturated rings. The molecule has 0 aliphatic heterocycles. The Morgan fingerprint density at radius 1 is 0.313 bits per heavy atom. The number of aliphatic hydroxyl groups excluding tert-OH is 1. The van der Waals surface area contributed by atoms with E-state index in [0.29, 0.717) is 31.6 Å². The number of allylic oxidation sites excluding steroid dienone is 4. The maximum absolute atomic E-state index is 13.1. The van der Waals surface area contributed by atoms with Gasteiger partial charge in [-0.2, -0.15) is 0 Å². The fourth-order valence-corrected chi connectivity index (χ4v) is 13.3. The first-order valence-corrected chi connectivity index (χ1v) is 43.7. The topological polar surface area (TPSA) is 237 Å². The van der Waals surface area contributed by atoms with Crippen LogP contribution in [0, 0.1) is 17.8 Å². The van der Waals surface area contributed by atoms with E-state index in [9.17, 15) is 43.2 Å². The van der Waals surface area contributed by atoms with E-state index in [0.717, 1.165) is 121 Å². The first kappa shape index (κ1) is 96.5. The summed E-state index contributed by atoms with van der Waals surface area (Å²) in [6.45, 7) is 11.8. The van der Waals surface area contributed by atoms with Crippen molar-refractivity contribution in [3.05, 3.63) is 24.3 Å². The number of carbonyl (C=O) groups excluding carboxylic acids is 4. The molecule has 0 radical (unpaired) electrons. The second-order valence-electron chi connectivity index (χ2n) is 29.5.